The lowest BCUT2D eigenvalue weighted by Gasteiger charge is -2.50. The van der Waals surface area contributed by atoms with E-state index < -0.39 is 5.97 Å². The Bertz CT molecular complexity index is 433. The second-order valence-corrected chi connectivity index (χ2v) is 5.72. The molecule has 3 saturated heterocycles. The van der Waals surface area contributed by atoms with Crippen molar-refractivity contribution in [2.45, 2.75) is 26.2 Å². The maximum absolute atomic E-state index is 5.77. The highest BCUT2D eigenvalue weighted by molar-refractivity contribution is 5.31. The normalized spacial score (nSPS) is 33.4. The third-order valence-electron chi connectivity index (χ3n) is 3.68. The highest BCUT2D eigenvalue weighted by Crippen LogP contribution is 2.39. The van der Waals surface area contributed by atoms with Crippen molar-refractivity contribution in [2.75, 3.05) is 26.4 Å². The van der Waals surface area contributed by atoms with E-state index in [1.54, 1.807) is 0 Å². The smallest absolute Gasteiger partial charge is 0.286 e. The van der Waals surface area contributed by atoms with Crippen molar-refractivity contribution >= 4 is 0 Å². The van der Waals surface area contributed by atoms with Gasteiger partial charge in [-0.05, 0) is 18.6 Å². The Labute approximate surface area is 113 Å². The number of fused-ring (bicyclic) bond motifs is 3. The lowest BCUT2D eigenvalue weighted by Crippen LogP contribution is -2.59. The lowest BCUT2D eigenvalue weighted by molar-refractivity contribution is -0.468. The van der Waals surface area contributed by atoms with Gasteiger partial charge in [-0.25, -0.2) is 0 Å². The van der Waals surface area contributed by atoms with E-state index in [2.05, 4.69) is 6.92 Å². The molecule has 0 radical (unpaired) electrons. The molecular weight excluding hydrogens is 244 g/mol. The predicted molar refractivity (Wildman–Crippen MR) is 70.0 cm³/mol. The quantitative estimate of drug-likeness (QED) is 0.837. The number of ether oxygens (including phenoxy) is 4. The van der Waals surface area contributed by atoms with Crippen LogP contribution in [-0.4, -0.2) is 32.4 Å². The summed E-state index contributed by atoms with van der Waals surface area (Å²) in [6.07, 6.45) is 0.581. The van der Waals surface area contributed by atoms with E-state index in [0.29, 0.717) is 32.8 Å². The highest BCUT2D eigenvalue weighted by atomic mass is 16.9. The Morgan fingerprint density at radius 2 is 1.74 bits per heavy atom. The standard InChI is InChI=1S/C15H20O4/c1-12-5-3-4-6-13(12)16-8-7-15-17-9-14(2,10-18-15)11-19-15/h3-6H,7-11H2,1-2H3. The maximum Gasteiger partial charge on any atom is 0.286 e. The molecule has 0 aliphatic carbocycles. The topological polar surface area (TPSA) is 36.9 Å². The Balaban J connectivity index is 1.54. The Kier molecular flexibility index (Phi) is 3.25. The molecule has 1 aromatic rings. The number of aryl methyl sites for hydroxylation is 1. The fourth-order valence-electron chi connectivity index (χ4n) is 2.32. The second-order valence-electron chi connectivity index (χ2n) is 5.72. The molecule has 4 nitrogen and oxygen atoms in total. The van der Waals surface area contributed by atoms with Crippen LogP contribution in [0.15, 0.2) is 24.3 Å². The molecule has 0 N–H and O–H groups in total. The van der Waals surface area contributed by atoms with Crippen molar-refractivity contribution < 1.29 is 18.9 Å². The first-order chi connectivity index (χ1) is 9.11. The summed E-state index contributed by atoms with van der Waals surface area (Å²) >= 11 is 0. The number of benzene rings is 1. The fraction of sp³-hybridized carbons (Fsp3) is 0.600. The largest absolute Gasteiger partial charge is 0.493 e. The molecule has 0 aromatic heterocycles. The molecule has 0 saturated carbocycles. The summed E-state index contributed by atoms with van der Waals surface area (Å²) in [5.41, 5.74) is 1.14. The van der Waals surface area contributed by atoms with E-state index in [9.17, 15) is 0 Å². The first kappa shape index (κ1) is 12.9. The van der Waals surface area contributed by atoms with Crippen molar-refractivity contribution in [3.05, 3.63) is 29.8 Å². The molecule has 2 bridgehead atoms. The first-order valence-corrected chi connectivity index (χ1v) is 6.71. The maximum atomic E-state index is 5.77. The molecular formula is C15H20O4. The van der Waals surface area contributed by atoms with Crippen molar-refractivity contribution in [3.8, 4) is 5.75 Å². The summed E-state index contributed by atoms with van der Waals surface area (Å²) < 4.78 is 22.9. The van der Waals surface area contributed by atoms with E-state index in [4.69, 9.17) is 18.9 Å². The number of rotatable bonds is 4. The lowest BCUT2D eigenvalue weighted by atomic mass is 9.91. The van der Waals surface area contributed by atoms with Gasteiger partial charge in [-0.1, -0.05) is 25.1 Å². The summed E-state index contributed by atoms with van der Waals surface area (Å²) in [5, 5.41) is 0. The molecule has 3 heterocycles. The molecule has 0 amide bonds. The van der Waals surface area contributed by atoms with Gasteiger partial charge in [-0.3, -0.25) is 0 Å². The summed E-state index contributed by atoms with van der Waals surface area (Å²) in [4.78, 5) is 0. The van der Waals surface area contributed by atoms with E-state index in [1.165, 1.54) is 0 Å². The molecule has 3 fully saturated rings. The zero-order valence-electron chi connectivity index (χ0n) is 11.5. The molecule has 0 unspecified atom stereocenters. The third-order valence-corrected chi connectivity index (χ3v) is 3.68. The SMILES string of the molecule is Cc1ccccc1OCCC12OCC(C)(CO1)CO2. The minimum atomic E-state index is -0.888. The Hall–Kier alpha value is -1.10. The van der Waals surface area contributed by atoms with Crippen molar-refractivity contribution in [3.63, 3.8) is 0 Å². The van der Waals surface area contributed by atoms with Gasteiger partial charge in [-0.15, -0.1) is 0 Å². The Morgan fingerprint density at radius 3 is 2.37 bits per heavy atom. The van der Waals surface area contributed by atoms with Crippen LogP contribution in [0.4, 0.5) is 0 Å². The molecule has 19 heavy (non-hydrogen) atoms. The molecule has 0 spiro atoms. The minimum absolute atomic E-state index is 0.0125. The molecule has 1 aromatic carbocycles. The second kappa shape index (κ2) is 4.78. The van der Waals surface area contributed by atoms with Gasteiger partial charge in [0, 0.05) is 5.41 Å². The van der Waals surface area contributed by atoms with Crippen molar-refractivity contribution in [1.82, 2.24) is 0 Å². The first-order valence-electron chi connectivity index (χ1n) is 6.71. The van der Waals surface area contributed by atoms with Crippen LogP contribution in [0, 0.1) is 12.3 Å². The summed E-state index contributed by atoms with van der Waals surface area (Å²) in [6.45, 7) is 6.73. The number of para-hydroxylation sites is 1. The van der Waals surface area contributed by atoms with Crippen LogP contribution in [0.3, 0.4) is 0 Å². The molecule has 4 rings (SSSR count). The van der Waals surface area contributed by atoms with Crippen molar-refractivity contribution in [2.24, 2.45) is 5.41 Å². The zero-order valence-corrected chi connectivity index (χ0v) is 11.5. The molecule has 4 heteroatoms. The van der Waals surface area contributed by atoms with Crippen molar-refractivity contribution in [1.29, 1.82) is 0 Å². The third kappa shape index (κ3) is 2.61. The van der Waals surface area contributed by atoms with Crippen LogP contribution in [-0.2, 0) is 14.2 Å². The highest BCUT2D eigenvalue weighted by Gasteiger charge is 2.50. The van der Waals surface area contributed by atoms with Gasteiger partial charge in [0.1, 0.15) is 5.75 Å². The zero-order chi connectivity index (χ0) is 13.3. The minimum Gasteiger partial charge on any atom is -0.493 e. The Morgan fingerprint density at radius 1 is 1.11 bits per heavy atom. The molecule has 3 aliphatic heterocycles. The molecule has 3 aliphatic rings. The number of hydrogen-bond acceptors (Lipinski definition) is 4. The van der Waals surface area contributed by atoms with E-state index in [0.717, 1.165) is 11.3 Å². The summed E-state index contributed by atoms with van der Waals surface area (Å²) in [5.74, 6) is 0.0100. The average molecular weight is 264 g/mol. The fourth-order valence-corrected chi connectivity index (χ4v) is 2.32. The van der Waals surface area contributed by atoms with E-state index in [-0.39, 0.29) is 5.41 Å². The van der Waals surface area contributed by atoms with Gasteiger partial charge in [0.15, 0.2) is 0 Å². The van der Waals surface area contributed by atoms with E-state index in [1.807, 2.05) is 31.2 Å². The number of hydrogen-bond donors (Lipinski definition) is 0. The van der Waals surface area contributed by atoms with Crippen LogP contribution in [0.25, 0.3) is 0 Å². The van der Waals surface area contributed by atoms with Crippen LogP contribution in [0.1, 0.15) is 18.9 Å². The van der Waals surface area contributed by atoms with Crippen LogP contribution < -0.4 is 4.74 Å². The summed E-state index contributed by atoms with van der Waals surface area (Å²) in [6, 6.07) is 7.97. The average Bonchev–Trinajstić information content (AvgIpc) is 2.43. The van der Waals surface area contributed by atoms with Crippen LogP contribution in [0.2, 0.25) is 0 Å². The van der Waals surface area contributed by atoms with Gasteiger partial charge in [0.05, 0.1) is 32.8 Å². The van der Waals surface area contributed by atoms with Gasteiger partial charge in [0.2, 0.25) is 0 Å². The van der Waals surface area contributed by atoms with Gasteiger partial charge < -0.3 is 18.9 Å². The molecule has 104 valence electrons. The van der Waals surface area contributed by atoms with E-state index >= 15 is 0 Å². The van der Waals surface area contributed by atoms with Gasteiger partial charge in [0.25, 0.3) is 5.97 Å². The molecule has 0 atom stereocenters. The van der Waals surface area contributed by atoms with Crippen LogP contribution in [0.5, 0.6) is 5.75 Å². The predicted octanol–water partition coefficient (Wildman–Crippen LogP) is 2.50. The van der Waals surface area contributed by atoms with Crippen LogP contribution >= 0.6 is 0 Å². The van der Waals surface area contributed by atoms with Gasteiger partial charge >= 0.3 is 0 Å². The monoisotopic (exact) mass is 264 g/mol. The summed E-state index contributed by atoms with van der Waals surface area (Å²) in [7, 11) is 0. The van der Waals surface area contributed by atoms with Gasteiger partial charge in [-0.2, -0.15) is 0 Å².